The van der Waals surface area contributed by atoms with E-state index < -0.39 is 29.7 Å². The first-order valence-corrected chi connectivity index (χ1v) is 11.6. The third-order valence-corrected chi connectivity index (χ3v) is 6.38. The molecule has 0 unspecified atom stereocenters. The predicted molar refractivity (Wildman–Crippen MR) is 124 cm³/mol. The normalized spacial score (nSPS) is 19.5. The summed E-state index contributed by atoms with van der Waals surface area (Å²) in [5.74, 6) is -2.06. The van der Waals surface area contributed by atoms with E-state index in [2.05, 4.69) is 39.8 Å². The number of amides is 2. The number of carbonyl (C=O) groups excluding carboxylic acids is 2. The van der Waals surface area contributed by atoms with Crippen LogP contribution in [0.1, 0.15) is 36.9 Å². The molecule has 1 fully saturated rings. The Labute approximate surface area is 198 Å². The smallest absolute Gasteiger partial charge is 0.338 e. The molecule has 1 saturated heterocycles. The highest BCUT2D eigenvalue weighted by molar-refractivity contribution is 5.95. The topological polar surface area (TPSA) is 70.7 Å². The zero-order valence-corrected chi connectivity index (χ0v) is 19.2. The minimum atomic E-state index is -1.05. The van der Waals surface area contributed by atoms with Crippen LogP contribution >= 0.6 is 0 Å². The lowest BCUT2D eigenvalue weighted by molar-refractivity contribution is -0.139. The number of rotatable bonds is 7. The van der Waals surface area contributed by atoms with Gasteiger partial charge in [-0.3, -0.25) is 4.90 Å². The SMILES string of the molecule is CCOC(=O)C1=C(CN2CCC(Cc3ccccc3)CC2)NC(=O)N[C@H]1c1ccc(F)c(F)c1. The summed E-state index contributed by atoms with van der Waals surface area (Å²) in [6.07, 6.45) is 3.05. The standard InChI is InChI=1S/C26H29F2N3O3/c1-2-34-25(32)23-22(29-26(33)30-24(23)19-8-9-20(27)21(28)15-19)16-31-12-10-18(11-13-31)14-17-6-4-3-5-7-17/h3-9,15,18,24H,2,10-14,16H2,1H3,(H2,29,30,33)/t24-/m0/s1. The van der Waals surface area contributed by atoms with Crippen molar-refractivity contribution in [3.05, 3.63) is 82.6 Å². The van der Waals surface area contributed by atoms with Crippen LogP contribution in [0, 0.1) is 17.6 Å². The van der Waals surface area contributed by atoms with Gasteiger partial charge in [-0.15, -0.1) is 0 Å². The summed E-state index contributed by atoms with van der Waals surface area (Å²) >= 11 is 0. The van der Waals surface area contributed by atoms with Crippen LogP contribution in [-0.2, 0) is 16.0 Å². The average molecular weight is 470 g/mol. The summed E-state index contributed by atoms with van der Waals surface area (Å²) in [5, 5.41) is 5.40. The molecule has 2 amide bonds. The Morgan fingerprint density at radius 1 is 1.09 bits per heavy atom. The first kappa shape index (κ1) is 23.9. The largest absolute Gasteiger partial charge is 0.463 e. The summed E-state index contributed by atoms with van der Waals surface area (Å²) < 4.78 is 32.7. The molecule has 180 valence electrons. The van der Waals surface area contributed by atoms with Crippen LogP contribution in [-0.4, -0.2) is 43.1 Å². The van der Waals surface area contributed by atoms with Crippen molar-refractivity contribution < 1.29 is 23.1 Å². The maximum atomic E-state index is 13.9. The van der Waals surface area contributed by atoms with E-state index in [4.69, 9.17) is 4.74 Å². The van der Waals surface area contributed by atoms with Gasteiger partial charge in [0.25, 0.3) is 0 Å². The minimum absolute atomic E-state index is 0.152. The summed E-state index contributed by atoms with van der Waals surface area (Å²) in [4.78, 5) is 27.5. The molecular weight excluding hydrogens is 440 g/mol. The van der Waals surface area contributed by atoms with Crippen LogP contribution < -0.4 is 10.6 Å². The lowest BCUT2D eigenvalue weighted by atomic mass is 9.89. The molecule has 0 radical (unpaired) electrons. The van der Waals surface area contributed by atoms with E-state index in [0.717, 1.165) is 44.5 Å². The summed E-state index contributed by atoms with van der Waals surface area (Å²) in [7, 11) is 0. The summed E-state index contributed by atoms with van der Waals surface area (Å²) in [6, 6.07) is 12.3. The van der Waals surface area contributed by atoms with Gasteiger partial charge in [-0.2, -0.15) is 0 Å². The van der Waals surface area contributed by atoms with Crippen molar-refractivity contribution in [2.75, 3.05) is 26.2 Å². The van der Waals surface area contributed by atoms with Crippen LogP contribution in [0.3, 0.4) is 0 Å². The molecule has 0 aromatic heterocycles. The second kappa shape index (κ2) is 10.8. The molecule has 2 aliphatic rings. The van der Waals surface area contributed by atoms with E-state index in [0.29, 0.717) is 18.2 Å². The zero-order valence-electron chi connectivity index (χ0n) is 19.2. The Balaban J connectivity index is 1.53. The number of likely N-dealkylation sites (tertiary alicyclic amines) is 1. The number of hydrogen-bond acceptors (Lipinski definition) is 4. The van der Waals surface area contributed by atoms with Crippen molar-refractivity contribution in [3.63, 3.8) is 0 Å². The average Bonchev–Trinajstić information content (AvgIpc) is 2.82. The van der Waals surface area contributed by atoms with Crippen molar-refractivity contribution >= 4 is 12.0 Å². The van der Waals surface area contributed by atoms with Gasteiger partial charge in [0.05, 0.1) is 18.2 Å². The van der Waals surface area contributed by atoms with Crippen molar-refractivity contribution in [2.45, 2.75) is 32.2 Å². The lowest BCUT2D eigenvalue weighted by Crippen LogP contribution is -2.49. The number of esters is 1. The zero-order chi connectivity index (χ0) is 24.1. The maximum Gasteiger partial charge on any atom is 0.338 e. The van der Waals surface area contributed by atoms with Crippen LogP contribution in [0.4, 0.5) is 13.6 Å². The second-order valence-electron chi connectivity index (χ2n) is 8.73. The fourth-order valence-electron chi connectivity index (χ4n) is 4.65. The first-order chi connectivity index (χ1) is 16.4. The Morgan fingerprint density at radius 2 is 1.82 bits per heavy atom. The van der Waals surface area contributed by atoms with E-state index in [9.17, 15) is 18.4 Å². The lowest BCUT2D eigenvalue weighted by Gasteiger charge is -2.35. The number of carbonyl (C=O) groups is 2. The molecular formula is C26H29F2N3O3. The molecule has 0 aliphatic carbocycles. The van der Waals surface area contributed by atoms with Crippen LogP contribution in [0.15, 0.2) is 59.8 Å². The molecule has 2 aliphatic heterocycles. The Hall–Kier alpha value is -3.26. The van der Waals surface area contributed by atoms with Gasteiger partial charge in [0.2, 0.25) is 0 Å². The molecule has 2 aromatic carbocycles. The van der Waals surface area contributed by atoms with E-state index in [1.165, 1.54) is 11.6 Å². The van der Waals surface area contributed by atoms with E-state index in [1.807, 2.05) is 6.07 Å². The number of halogens is 2. The number of piperidine rings is 1. The van der Waals surface area contributed by atoms with E-state index in [-0.39, 0.29) is 17.7 Å². The molecule has 1 atom stereocenters. The van der Waals surface area contributed by atoms with Crippen molar-refractivity contribution in [1.29, 1.82) is 0 Å². The van der Waals surface area contributed by atoms with Gasteiger partial charge in [-0.05, 0) is 68.5 Å². The summed E-state index contributed by atoms with van der Waals surface area (Å²) in [6.45, 7) is 3.86. The fraction of sp³-hybridized carbons (Fsp3) is 0.385. The molecule has 8 heteroatoms. The van der Waals surface area contributed by atoms with Gasteiger partial charge >= 0.3 is 12.0 Å². The van der Waals surface area contributed by atoms with Crippen LogP contribution in [0.5, 0.6) is 0 Å². The van der Waals surface area contributed by atoms with Crippen molar-refractivity contribution in [1.82, 2.24) is 15.5 Å². The molecule has 0 saturated carbocycles. The Kier molecular flexibility index (Phi) is 7.57. The second-order valence-corrected chi connectivity index (χ2v) is 8.73. The number of ether oxygens (including phenoxy) is 1. The van der Waals surface area contributed by atoms with Gasteiger partial charge in [0, 0.05) is 12.2 Å². The van der Waals surface area contributed by atoms with Gasteiger partial charge < -0.3 is 15.4 Å². The Bertz CT molecular complexity index is 1070. The van der Waals surface area contributed by atoms with Gasteiger partial charge in [0.1, 0.15) is 0 Å². The molecule has 2 N–H and O–H groups in total. The highest BCUT2D eigenvalue weighted by atomic mass is 19.2. The molecule has 2 aromatic rings. The third-order valence-electron chi connectivity index (χ3n) is 6.38. The highest BCUT2D eigenvalue weighted by Crippen LogP contribution is 2.30. The summed E-state index contributed by atoms with van der Waals surface area (Å²) in [5.41, 5.74) is 2.24. The van der Waals surface area contributed by atoms with Crippen LogP contribution in [0.2, 0.25) is 0 Å². The number of benzene rings is 2. The maximum absolute atomic E-state index is 13.9. The molecule has 0 spiro atoms. The predicted octanol–water partition coefficient (Wildman–Crippen LogP) is 4.09. The van der Waals surface area contributed by atoms with Gasteiger partial charge in [-0.1, -0.05) is 36.4 Å². The molecule has 6 nitrogen and oxygen atoms in total. The highest BCUT2D eigenvalue weighted by Gasteiger charge is 2.35. The number of urea groups is 1. The number of nitrogens with one attached hydrogen (secondary N) is 2. The van der Waals surface area contributed by atoms with E-state index >= 15 is 0 Å². The van der Waals surface area contributed by atoms with E-state index in [1.54, 1.807) is 6.92 Å². The van der Waals surface area contributed by atoms with Crippen molar-refractivity contribution in [2.24, 2.45) is 5.92 Å². The van der Waals surface area contributed by atoms with Gasteiger partial charge in [0.15, 0.2) is 11.6 Å². The van der Waals surface area contributed by atoms with Gasteiger partial charge in [-0.25, -0.2) is 18.4 Å². The Morgan fingerprint density at radius 3 is 2.50 bits per heavy atom. The van der Waals surface area contributed by atoms with Crippen LogP contribution in [0.25, 0.3) is 0 Å². The molecule has 34 heavy (non-hydrogen) atoms. The number of nitrogens with zero attached hydrogens (tertiary/aromatic N) is 1. The molecule has 2 heterocycles. The molecule has 4 rings (SSSR count). The first-order valence-electron chi connectivity index (χ1n) is 11.6. The monoisotopic (exact) mass is 469 g/mol. The fourth-order valence-corrected chi connectivity index (χ4v) is 4.65. The minimum Gasteiger partial charge on any atom is -0.463 e. The van der Waals surface area contributed by atoms with Crippen molar-refractivity contribution in [3.8, 4) is 0 Å². The quantitative estimate of drug-likeness (QED) is 0.600. The number of hydrogen-bond donors (Lipinski definition) is 2. The third kappa shape index (κ3) is 5.62. The molecule has 0 bridgehead atoms.